The first-order valence-corrected chi connectivity index (χ1v) is 8.33. The van der Waals surface area contributed by atoms with Crippen molar-refractivity contribution in [3.63, 3.8) is 0 Å². The van der Waals surface area contributed by atoms with Crippen molar-refractivity contribution in [1.82, 2.24) is 9.62 Å². The molecule has 5 nitrogen and oxygen atoms in total. The van der Waals surface area contributed by atoms with Crippen LogP contribution in [0.4, 0.5) is 0 Å². The lowest BCUT2D eigenvalue weighted by Crippen LogP contribution is -2.27. The molecule has 0 aliphatic carbocycles. The molecule has 0 spiro atoms. The SMILES string of the molecule is CC[C@H](C)C(=O)NCc1ccc(S(=O)(=O)N(C)C)s1. The molecule has 1 amide bonds. The minimum Gasteiger partial charge on any atom is -0.351 e. The van der Waals surface area contributed by atoms with Crippen LogP contribution < -0.4 is 5.32 Å². The van der Waals surface area contributed by atoms with Gasteiger partial charge >= 0.3 is 0 Å². The second kappa shape index (κ2) is 6.49. The van der Waals surface area contributed by atoms with Gasteiger partial charge in [0.05, 0.1) is 6.54 Å². The van der Waals surface area contributed by atoms with Crippen molar-refractivity contribution in [2.75, 3.05) is 14.1 Å². The van der Waals surface area contributed by atoms with Gasteiger partial charge in [-0.05, 0) is 18.6 Å². The van der Waals surface area contributed by atoms with Gasteiger partial charge in [-0.3, -0.25) is 4.79 Å². The molecule has 1 heterocycles. The Bertz CT molecular complexity index is 535. The lowest BCUT2D eigenvalue weighted by atomic mass is 10.1. The van der Waals surface area contributed by atoms with Crippen LogP contribution in [0.3, 0.4) is 0 Å². The number of nitrogens with zero attached hydrogens (tertiary/aromatic N) is 1. The second-order valence-electron chi connectivity index (χ2n) is 4.54. The van der Waals surface area contributed by atoms with Gasteiger partial charge in [0.1, 0.15) is 4.21 Å². The summed E-state index contributed by atoms with van der Waals surface area (Å²) < 4.78 is 25.3. The molecule has 0 saturated carbocycles. The summed E-state index contributed by atoms with van der Waals surface area (Å²) in [6.07, 6.45) is 0.788. The summed E-state index contributed by atoms with van der Waals surface area (Å²) in [6.45, 7) is 4.19. The van der Waals surface area contributed by atoms with Gasteiger partial charge in [0.2, 0.25) is 5.91 Å². The van der Waals surface area contributed by atoms with E-state index in [4.69, 9.17) is 0 Å². The van der Waals surface area contributed by atoms with Crippen molar-refractivity contribution in [1.29, 1.82) is 0 Å². The van der Waals surface area contributed by atoms with Crippen LogP contribution in [0.15, 0.2) is 16.3 Å². The van der Waals surface area contributed by atoms with Gasteiger partial charge in [-0.1, -0.05) is 13.8 Å². The zero-order chi connectivity index (χ0) is 14.6. The zero-order valence-electron chi connectivity index (χ0n) is 11.6. The summed E-state index contributed by atoms with van der Waals surface area (Å²) in [6, 6.07) is 3.31. The van der Waals surface area contributed by atoms with Crippen LogP contribution in [-0.4, -0.2) is 32.7 Å². The molecular weight excluding hydrogens is 284 g/mol. The quantitative estimate of drug-likeness (QED) is 0.869. The highest BCUT2D eigenvalue weighted by molar-refractivity contribution is 7.91. The normalized spacial score (nSPS) is 13.5. The van der Waals surface area contributed by atoms with E-state index in [1.54, 1.807) is 12.1 Å². The van der Waals surface area contributed by atoms with Crippen molar-refractivity contribution in [3.8, 4) is 0 Å². The van der Waals surface area contributed by atoms with Crippen LogP contribution in [0.5, 0.6) is 0 Å². The van der Waals surface area contributed by atoms with Gasteiger partial charge in [-0.2, -0.15) is 0 Å². The average molecular weight is 304 g/mol. The number of carbonyl (C=O) groups excluding carboxylic acids is 1. The van der Waals surface area contributed by atoms with E-state index in [0.717, 1.165) is 11.3 Å². The number of nitrogens with one attached hydrogen (secondary N) is 1. The third-order valence-corrected chi connectivity index (χ3v) is 6.24. The van der Waals surface area contributed by atoms with E-state index in [1.807, 2.05) is 13.8 Å². The number of rotatable bonds is 6. The van der Waals surface area contributed by atoms with Gasteiger partial charge in [0.25, 0.3) is 10.0 Å². The van der Waals surface area contributed by atoms with E-state index in [9.17, 15) is 13.2 Å². The number of carbonyl (C=O) groups is 1. The van der Waals surface area contributed by atoms with Gasteiger partial charge in [-0.25, -0.2) is 12.7 Å². The number of thiophene rings is 1. The minimum absolute atomic E-state index is 0.00656. The van der Waals surface area contributed by atoms with Crippen LogP contribution >= 0.6 is 11.3 Å². The highest BCUT2D eigenvalue weighted by Gasteiger charge is 2.19. The van der Waals surface area contributed by atoms with Gasteiger partial charge < -0.3 is 5.32 Å². The molecule has 0 radical (unpaired) electrons. The highest BCUT2D eigenvalue weighted by Crippen LogP contribution is 2.23. The first-order valence-electron chi connectivity index (χ1n) is 6.08. The third-order valence-electron chi connectivity index (χ3n) is 2.87. The van der Waals surface area contributed by atoms with E-state index in [-0.39, 0.29) is 11.8 Å². The highest BCUT2D eigenvalue weighted by atomic mass is 32.2. The Labute approximate surface area is 118 Å². The largest absolute Gasteiger partial charge is 0.351 e. The van der Waals surface area contributed by atoms with Gasteiger partial charge in [-0.15, -0.1) is 11.3 Å². The summed E-state index contributed by atoms with van der Waals surface area (Å²) in [5.74, 6) is -0.0298. The van der Waals surface area contributed by atoms with Crippen molar-refractivity contribution in [3.05, 3.63) is 17.0 Å². The Hall–Kier alpha value is -0.920. The van der Waals surface area contributed by atoms with Crippen LogP contribution in [0, 0.1) is 5.92 Å². The van der Waals surface area contributed by atoms with E-state index >= 15 is 0 Å². The fourth-order valence-corrected chi connectivity index (χ4v) is 3.77. The first kappa shape index (κ1) is 16.1. The number of hydrogen-bond donors (Lipinski definition) is 1. The lowest BCUT2D eigenvalue weighted by Gasteiger charge is -2.09. The lowest BCUT2D eigenvalue weighted by molar-refractivity contribution is -0.124. The summed E-state index contributed by atoms with van der Waals surface area (Å²) >= 11 is 1.19. The molecule has 1 rings (SSSR count). The third kappa shape index (κ3) is 4.02. The molecule has 0 bridgehead atoms. The maximum atomic E-state index is 11.9. The van der Waals surface area contributed by atoms with Crippen molar-refractivity contribution in [2.24, 2.45) is 5.92 Å². The Balaban J connectivity index is 2.69. The minimum atomic E-state index is -3.38. The standard InChI is InChI=1S/C12H20N2O3S2/c1-5-9(2)12(15)13-8-10-6-7-11(18-10)19(16,17)14(3)4/h6-7,9H,5,8H2,1-4H3,(H,13,15)/t9-/m0/s1. The average Bonchev–Trinajstić information content (AvgIpc) is 2.84. The molecule has 1 N–H and O–H groups in total. The van der Waals surface area contributed by atoms with E-state index in [0.29, 0.717) is 10.8 Å². The molecular formula is C12H20N2O3S2. The number of sulfonamides is 1. The van der Waals surface area contributed by atoms with Crippen LogP contribution in [0.25, 0.3) is 0 Å². The fraction of sp³-hybridized carbons (Fsp3) is 0.583. The topological polar surface area (TPSA) is 66.5 Å². The summed E-state index contributed by atoms with van der Waals surface area (Å²) in [5.41, 5.74) is 0. The molecule has 7 heteroatoms. The molecule has 0 unspecified atom stereocenters. The predicted molar refractivity (Wildman–Crippen MR) is 76.5 cm³/mol. The summed E-state index contributed by atoms with van der Waals surface area (Å²) in [7, 11) is -0.378. The molecule has 0 aliphatic rings. The second-order valence-corrected chi connectivity index (χ2v) is 8.08. The van der Waals surface area contributed by atoms with Crippen molar-refractivity contribution >= 4 is 27.3 Å². The molecule has 108 valence electrons. The zero-order valence-corrected chi connectivity index (χ0v) is 13.3. The number of amides is 1. The Morgan fingerprint density at radius 3 is 2.58 bits per heavy atom. The Morgan fingerprint density at radius 1 is 1.42 bits per heavy atom. The number of hydrogen-bond acceptors (Lipinski definition) is 4. The fourth-order valence-electron chi connectivity index (χ4n) is 1.31. The predicted octanol–water partition coefficient (Wildman–Crippen LogP) is 1.66. The maximum Gasteiger partial charge on any atom is 0.252 e. The van der Waals surface area contributed by atoms with Crippen molar-refractivity contribution in [2.45, 2.75) is 31.0 Å². The maximum absolute atomic E-state index is 11.9. The summed E-state index contributed by atoms with van der Waals surface area (Å²) in [4.78, 5) is 12.5. The Morgan fingerprint density at radius 2 is 2.05 bits per heavy atom. The van der Waals surface area contributed by atoms with E-state index < -0.39 is 10.0 Å². The molecule has 19 heavy (non-hydrogen) atoms. The van der Waals surface area contributed by atoms with E-state index in [2.05, 4.69) is 5.32 Å². The summed E-state index contributed by atoms with van der Waals surface area (Å²) in [5, 5.41) is 2.81. The molecule has 1 aromatic rings. The van der Waals surface area contributed by atoms with E-state index in [1.165, 1.54) is 29.7 Å². The first-order chi connectivity index (χ1) is 8.78. The van der Waals surface area contributed by atoms with Gasteiger partial charge in [0.15, 0.2) is 0 Å². The van der Waals surface area contributed by atoms with Crippen LogP contribution in [0.2, 0.25) is 0 Å². The molecule has 0 aromatic carbocycles. The molecule has 0 fully saturated rings. The van der Waals surface area contributed by atoms with Gasteiger partial charge in [0, 0.05) is 24.9 Å². The monoisotopic (exact) mass is 304 g/mol. The van der Waals surface area contributed by atoms with Crippen LogP contribution in [0.1, 0.15) is 25.1 Å². The molecule has 0 aliphatic heterocycles. The van der Waals surface area contributed by atoms with Crippen LogP contribution in [-0.2, 0) is 21.4 Å². The molecule has 1 aromatic heterocycles. The smallest absolute Gasteiger partial charge is 0.252 e. The van der Waals surface area contributed by atoms with Crippen molar-refractivity contribution < 1.29 is 13.2 Å². The molecule has 0 saturated heterocycles. The molecule has 1 atom stereocenters. The Kier molecular flexibility index (Phi) is 5.51.